The molecule has 2 heterocycles. The molecule has 1 atom stereocenters. The van der Waals surface area contributed by atoms with Crippen LogP contribution in [0.3, 0.4) is 0 Å². The zero-order valence-electron chi connectivity index (χ0n) is 21.4. The number of thiazole rings is 1. The number of nitrogens with zero attached hydrogens (tertiary/aromatic N) is 1. The van der Waals surface area contributed by atoms with Crippen LogP contribution in [0.15, 0.2) is 71.1 Å². The number of aryl methyl sites for hydroxylation is 1. The largest absolute Gasteiger partial charge is 0.397 e. The minimum atomic E-state index is -0.403. The predicted molar refractivity (Wildman–Crippen MR) is 146 cm³/mol. The number of carbonyl (C=O) groups excluding carboxylic acids is 2. The van der Waals surface area contributed by atoms with Gasteiger partial charge in [0.25, 0.3) is 5.91 Å². The van der Waals surface area contributed by atoms with E-state index in [2.05, 4.69) is 29.5 Å². The molecule has 1 amide bonds. The third-order valence-corrected chi connectivity index (χ3v) is 7.36. The Labute approximate surface area is 216 Å². The number of nitrogens with one attached hydrogen (secondary N) is 2. The number of benzene rings is 2. The normalized spacial score (nSPS) is 18.8. The Bertz CT molecular complexity index is 1330. The fraction of sp³-hybridized carbons (Fsp3) is 0.345. The molecular weight excluding hydrogens is 470 g/mol. The highest BCUT2D eigenvalue weighted by atomic mass is 32.1. The topological polar surface area (TPSA) is 91.3 Å². The van der Waals surface area contributed by atoms with Crippen LogP contribution in [-0.4, -0.2) is 28.4 Å². The van der Waals surface area contributed by atoms with Crippen molar-refractivity contribution in [3.63, 3.8) is 0 Å². The molecule has 1 unspecified atom stereocenters. The van der Waals surface area contributed by atoms with Gasteiger partial charge in [0.15, 0.2) is 10.9 Å². The number of aromatic nitrogens is 1. The summed E-state index contributed by atoms with van der Waals surface area (Å²) in [4.78, 5) is 31.6. The van der Waals surface area contributed by atoms with Gasteiger partial charge in [0.05, 0.1) is 10.2 Å². The highest BCUT2D eigenvalue weighted by Gasteiger charge is 2.42. The van der Waals surface area contributed by atoms with Gasteiger partial charge in [0, 0.05) is 41.5 Å². The second-order valence-electron chi connectivity index (χ2n) is 10.1. The maximum atomic E-state index is 13.6. The molecule has 1 aromatic heterocycles. The van der Waals surface area contributed by atoms with E-state index in [1.807, 2.05) is 62.4 Å². The zero-order chi connectivity index (χ0) is 26.0. The molecule has 3 N–H and O–H groups in total. The first-order chi connectivity index (χ1) is 17.1. The number of amides is 1. The summed E-state index contributed by atoms with van der Waals surface area (Å²) in [7, 11) is 0. The van der Waals surface area contributed by atoms with Crippen LogP contribution in [-0.2, 0) is 9.59 Å². The summed E-state index contributed by atoms with van der Waals surface area (Å²) in [6.07, 6.45) is 1.25. The molecular formula is C29H33N3O3S. The van der Waals surface area contributed by atoms with Crippen molar-refractivity contribution in [2.24, 2.45) is 5.41 Å². The number of para-hydroxylation sites is 1. The van der Waals surface area contributed by atoms with Crippen LogP contribution < -0.4 is 10.6 Å². The highest BCUT2D eigenvalue weighted by molar-refractivity contribution is 7.22. The average Bonchev–Trinajstić information content (AvgIpc) is 3.20. The quantitative estimate of drug-likeness (QED) is 0.417. The van der Waals surface area contributed by atoms with Crippen molar-refractivity contribution in [3.8, 4) is 0 Å². The summed E-state index contributed by atoms with van der Waals surface area (Å²) < 4.78 is 1.02. The average molecular weight is 504 g/mol. The molecule has 2 aromatic carbocycles. The highest BCUT2D eigenvalue weighted by Crippen LogP contribution is 2.46. The number of fused-ring (bicyclic) bond motifs is 1. The van der Waals surface area contributed by atoms with E-state index in [0.717, 1.165) is 44.7 Å². The number of ketones is 1. The molecule has 0 bridgehead atoms. The summed E-state index contributed by atoms with van der Waals surface area (Å²) in [5.74, 6) is -0.522. The molecule has 3 aromatic rings. The number of carbonyl (C=O) groups is 2. The predicted octanol–water partition coefficient (Wildman–Crippen LogP) is 5.85. The van der Waals surface area contributed by atoms with E-state index in [-0.39, 0.29) is 23.7 Å². The van der Waals surface area contributed by atoms with Gasteiger partial charge < -0.3 is 10.4 Å². The van der Waals surface area contributed by atoms with Crippen molar-refractivity contribution in [1.29, 1.82) is 0 Å². The lowest BCUT2D eigenvalue weighted by atomic mass is 9.68. The number of hydrogen-bond acceptors (Lipinski definition) is 6. The maximum absolute atomic E-state index is 13.6. The van der Waals surface area contributed by atoms with Crippen molar-refractivity contribution < 1.29 is 14.7 Å². The molecule has 6 nitrogen and oxygen atoms in total. The molecule has 0 spiro atoms. The van der Waals surface area contributed by atoms with Crippen LogP contribution in [0.2, 0.25) is 0 Å². The fourth-order valence-corrected chi connectivity index (χ4v) is 5.78. The molecule has 188 valence electrons. The van der Waals surface area contributed by atoms with E-state index in [9.17, 15) is 9.59 Å². The minimum absolute atomic E-state index is 0.108. The van der Waals surface area contributed by atoms with E-state index in [1.54, 1.807) is 6.92 Å². The summed E-state index contributed by atoms with van der Waals surface area (Å²) in [5, 5.41) is 14.6. The SMILES string of the molecule is CC1=C(C(=O)Nc2nc3ccccc3s2)C(c2ccc(C)cc2)C2=C(CC(C)(C)CC2=O)N1.CCO. The summed E-state index contributed by atoms with van der Waals surface area (Å²) in [6.45, 7) is 10.1. The number of rotatable bonds is 3. The summed E-state index contributed by atoms with van der Waals surface area (Å²) >= 11 is 1.45. The Balaban J connectivity index is 0.000000967. The number of hydrogen-bond donors (Lipinski definition) is 3. The van der Waals surface area contributed by atoms with Gasteiger partial charge in [0.1, 0.15) is 0 Å². The molecule has 7 heteroatoms. The van der Waals surface area contributed by atoms with Crippen molar-refractivity contribution in [1.82, 2.24) is 10.3 Å². The third-order valence-electron chi connectivity index (χ3n) is 6.41. The van der Waals surface area contributed by atoms with Crippen molar-refractivity contribution >= 4 is 38.4 Å². The smallest absolute Gasteiger partial charge is 0.256 e. The second-order valence-corrected chi connectivity index (χ2v) is 11.1. The molecule has 0 radical (unpaired) electrons. The Hall–Kier alpha value is -3.29. The van der Waals surface area contributed by atoms with Crippen molar-refractivity contribution in [3.05, 3.63) is 82.2 Å². The van der Waals surface area contributed by atoms with E-state index in [1.165, 1.54) is 11.3 Å². The number of Topliss-reactive ketones (excluding diaryl/α,β-unsaturated/α-hetero) is 1. The molecule has 0 saturated heterocycles. The van der Waals surface area contributed by atoms with Crippen LogP contribution in [0, 0.1) is 12.3 Å². The summed E-state index contributed by atoms with van der Waals surface area (Å²) in [6, 6.07) is 15.9. The summed E-state index contributed by atoms with van der Waals surface area (Å²) in [5.41, 5.74) is 5.86. The lowest BCUT2D eigenvalue weighted by molar-refractivity contribution is -0.118. The van der Waals surface area contributed by atoms with Crippen molar-refractivity contribution in [2.45, 2.75) is 53.4 Å². The fourth-order valence-electron chi connectivity index (χ4n) is 4.92. The van der Waals surface area contributed by atoms with Gasteiger partial charge in [-0.1, -0.05) is 67.1 Å². The Morgan fingerprint density at radius 1 is 1.14 bits per heavy atom. The second kappa shape index (κ2) is 10.4. The van der Waals surface area contributed by atoms with E-state index < -0.39 is 5.92 Å². The van der Waals surface area contributed by atoms with Gasteiger partial charge in [-0.2, -0.15) is 0 Å². The third kappa shape index (κ3) is 5.27. The number of anilines is 1. The molecule has 5 rings (SSSR count). The van der Waals surface area contributed by atoms with Crippen LogP contribution in [0.4, 0.5) is 5.13 Å². The van der Waals surface area contributed by atoms with Gasteiger partial charge in [-0.15, -0.1) is 0 Å². The van der Waals surface area contributed by atoms with Gasteiger partial charge in [-0.05, 0) is 50.3 Å². The van der Waals surface area contributed by atoms with Gasteiger partial charge >= 0.3 is 0 Å². The molecule has 1 aliphatic carbocycles. The lowest BCUT2D eigenvalue weighted by Gasteiger charge is -2.39. The van der Waals surface area contributed by atoms with Gasteiger partial charge in [-0.3, -0.25) is 14.9 Å². The Kier molecular flexibility index (Phi) is 7.43. The van der Waals surface area contributed by atoms with E-state index in [0.29, 0.717) is 17.1 Å². The number of allylic oxidation sites excluding steroid dienone is 3. The van der Waals surface area contributed by atoms with Crippen LogP contribution in [0.1, 0.15) is 57.6 Å². The minimum Gasteiger partial charge on any atom is -0.397 e. The number of aliphatic hydroxyl groups excluding tert-OH is 1. The first-order valence-electron chi connectivity index (χ1n) is 12.2. The molecule has 0 fully saturated rings. The zero-order valence-corrected chi connectivity index (χ0v) is 22.3. The molecule has 2 aliphatic rings. The van der Waals surface area contributed by atoms with Crippen LogP contribution in [0.5, 0.6) is 0 Å². The number of aliphatic hydroxyl groups is 1. The Morgan fingerprint density at radius 3 is 2.47 bits per heavy atom. The van der Waals surface area contributed by atoms with Crippen LogP contribution in [0.25, 0.3) is 10.2 Å². The lowest BCUT2D eigenvalue weighted by Crippen LogP contribution is -2.39. The van der Waals surface area contributed by atoms with E-state index >= 15 is 0 Å². The molecule has 1 aliphatic heterocycles. The number of dihydropyridines is 1. The monoisotopic (exact) mass is 503 g/mol. The van der Waals surface area contributed by atoms with Crippen LogP contribution >= 0.6 is 11.3 Å². The molecule has 0 saturated carbocycles. The first-order valence-corrected chi connectivity index (χ1v) is 13.0. The Morgan fingerprint density at radius 2 is 1.81 bits per heavy atom. The first kappa shape index (κ1) is 25.8. The maximum Gasteiger partial charge on any atom is 0.256 e. The standard InChI is InChI=1S/C27H27N3O2S.C2H6O/c1-15-9-11-17(12-10-15)23-22(16(2)28-19-13-27(3,4)14-20(31)24(19)23)25(32)30-26-29-18-7-5-6-8-21(18)33-26;1-2-3/h5-12,23,28H,13-14H2,1-4H3,(H,29,30,32);3H,2H2,1H3. The van der Waals surface area contributed by atoms with Gasteiger partial charge in [-0.25, -0.2) is 4.98 Å². The van der Waals surface area contributed by atoms with Gasteiger partial charge in [0.2, 0.25) is 0 Å². The van der Waals surface area contributed by atoms with E-state index in [4.69, 9.17) is 5.11 Å². The molecule has 36 heavy (non-hydrogen) atoms. The van der Waals surface area contributed by atoms with Crippen molar-refractivity contribution in [2.75, 3.05) is 11.9 Å².